The van der Waals surface area contributed by atoms with Crippen LogP contribution in [0.15, 0.2) is 55.1 Å². The van der Waals surface area contributed by atoms with Gasteiger partial charge < -0.3 is 10.3 Å². The Balaban J connectivity index is 1.61. The van der Waals surface area contributed by atoms with Crippen molar-refractivity contribution in [3.63, 3.8) is 0 Å². The normalized spacial score (nSPS) is 10.9. The number of nitrogens with one attached hydrogen (secondary N) is 2. The summed E-state index contributed by atoms with van der Waals surface area (Å²) in [5, 5.41) is 3.28. The van der Waals surface area contributed by atoms with Crippen molar-refractivity contribution in [2.75, 3.05) is 5.32 Å². The van der Waals surface area contributed by atoms with Crippen LogP contribution >= 0.6 is 0 Å². The lowest BCUT2D eigenvalue weighted by molar-refractivity contribution is 0.922. The number of rotatable bonds is 5. The first-order valence-corrected chi connectivity index (χ1v) is 8.30. The lowest BCUT2D eigenvalue weighted by atomic mass is 10.1. The second-order valence-electron chi connectivity index (χ2n) is 5.84. The molecule has 1 aromatic carbocycles. The van der Waals surface area contributed by atoms with E-state index in [0.29, 0.717) is 11.6 Å². The minimum atomic E-state index is 0.566. The fraction of sp³-hybridized carbons (Fsp3) is 0.158. The number of hydrogen-bond acceptors (Lipinski definition) is 5. The highest BCUT2D eigenvalue weighted by Crippen LogP contribution is 2.21. The maximum absolute atomic E-state index is 4.61. The standard InChI is InChI=1S/C19H18N6/c1-2-4-13-5-3-6-15(9-13)24-19-20-8-7-16(25-19)14-10-17-18(21-11-14)23-12-22-17/h3,5-12H,2,4H2,1H3,(H,20,24,25)(H,21,22,23). The van der Waals surface area contributed by atoms with Crippen LogP contribution in [0.25, 0.3) is 22.4 Å². The van der Waals surface area contributed by atoms with E-state index in [1.165, 1.54) is 5.56 Å². The van der Waals surface area contributed by atoms with Gasteiger partial charge in [-0.2, -0.15) is 0 Å². The monoisotopic (exact) mass is 330 g/mol. The molecule has 0 aliphatic carbocycles. The summed E-state index contributed by atoms with van der Waals surface area (Å²) in [5.41, 5.74) is 5.61. The van der Waals surface area contributed by atoms with Gasteiger partial charge in [0.2, 0.25) is 5.95 Å². The summed E-state index contributed by atoms with van der Waals surface area (Å²) in [6, 6.07) is 12.2. The lowest BCUT2D eigenvalue weighted by Crippen LogP contribution is -1.98. The Morgan fingerprint density at radius 2 is 2.04 bits per heavy atom. The van der Waals surface area contributed by atoms with Crippen LogP contribution in [0.4, 0.5) is 11.6 Å². The fourth-order valence-electron chi connectivity index (χ4n) is 2.77. The molecule has 3 aromatic heterocycles. The number of nitrogens with zero attached hydrogens (tertiary/aromatic N) is 4. The zero-order chi connectivity index (χ0) is 17.1. The highest BCUT2D eigenvalue weighted by Gasteiger charge is 2.06. The van der Waals surface area contributed by atoms with Gasteiger partial charge in [-0.25, -0.2) is 19.9 Å². The number of hydrogen-bond donors (Lipinski definition) is 2. The van der Waals surface area contributed by atoms with Crippen LogP contribution in [0.5, 0.6) is 0 Å². The number of fused-ring (bicyclic) bond motifs is 1. The number of anilines is 2. The maximum atomic E-state index is 4.61. The number of pyridine rings is 1. The van der Waals surface area contributed by atoms with E-state index >= 15 is 0 Å². The molecule has 6 nitrogen and oxygen atoms in total. The highest BCUT2D eigenvalue weighted by molar-refractivity contribution is 5.76. The number of aromatic amines is 1. The summed E-state index contributed by atoms with van der Waals surface area (Å²) in [6.07, 6.45) is 7.34. The Kier molecular flexibility index (Phi) is 4.08. The van der Waals surface area contributed by atoms with Crippen molar-refractivity contribution in [2.24, 2.45) is 0 Å². The Hall–Kier alpha value is -3.28. The largest absolute Gasteiger partial charge is 0.343 e. The number of benzene rings is 1. The summed E-state index contributed by atoms with van der Waals surface area (Å²) in [5.74, 6) is 0.566. The molecular weight excluding hydrogens is 312 g/mol. The molecule has 0 saturated carbocycles. The summed E-state index contributed by atoms with van der Waals surface area (Å²) in [7, 11) is 0. The Morgan fingerprint density at radius 1 is 1.08 bits per heavy atom. The lowest BCUT2D eigenvalue weighted by Gasteiger charge is -2.08. The van der Waals surface area contributed by atoms with Crippen LogP contribution in [-0.4, -0.2) is 24.9 Å². The van der Waals surface area contributed by atoms with Gasteiger partial charge in [-0.15, -0.1) is 0 Å². The van der Waals surface area contributed by atoms with Crippen molar-refractivity contribution in [1.29, 1.82) is 0 Å². The molecule has 0 fully saturated rings. The number of H-pyrrole nitrogens is 1. The van der Waals surface area contributed by atoms with Gasteiger partial charge in [0.05, 0.1) is 17.5 Å². The highest BCUT2D eigenvalue weighted by atomic mass is 15.1. The molecule has 124 valence electrons. The van der Waals surface area contributed by atoms with Crippen molar-refractivity contribution < 1.29 is 0 Å². The van der Waals surface area contributed by atoms with Gasteiger partial charge in [0.15, 0.2) is 5.65 Å². The third kappa shape index (κ3) is 3.33. The van der Waals surface area contributed by atoms with E-state index in [4.69, 9.17) is 0 Å². The molecule has 3 heterocycles. The zero-order valence-corrected chi connectivity index (χ0v) is 13.9. The van der Waals surface area contributed by atoms with E-state index in [1.54, 1.807) is 18.7 Å². The smallest absolute Gasteiger partial charge is 0.227 e. The quantitative estimate of drug-likeness (QED) is 0.575. The molecule has 2 N–H and O–H groups in total. The molecule has 0 aliphatic heterocycles. The average molecular weight is 330 g/mol. The third-order valence-corrected chi connectivity index (χ3v) is 3.95. The van der Waals surface area contributed by atoms with Gasteiger partial charge in [0.1, 0.15) is 0 Å². The van der Waals surface area contributed by atoms with Crippen LogP contribution in [-0.2, 0) is 6.42 Å². The number of aryl methyl sites for hydroxylation is 1. The second kappa shape index (κ2) is 6.68. The predicted octanol–water partition coefficient (Wildman–Crippen LogP) is 4.11. The van der Waals surface area contributed by atoms with E-state index < -0.39 is 0 Å². The third-order valence-electron chi connectivity index (χ3n) is 3.95. The molecule has 0 aliphatic rings. The van der Waals surface area contributed by atoms with Gasteiger partial charge in [-0.3, -0.25) is 0 Å². The van der Waals surface area contributed by atoms with Crippen molar-refractivity contribution in [2.45, 2.75) is 19.8 Å². The van der Waals surface area contributed by atoms with Gasteiger partial charge in [-0.05, 0) is 36.2 Å². The summed E-state index contributed by atoms with van der Waals surface area (Å²) in [4.78, 5) is 20.5. The van der Waals surface area contributed by atoms with E-state index in [-0.39, 0.29) is 0 Å². The SMILES string of the molecule is CCCc1cccc(Nc2nccc(-c3cnc4nc[nH]c4c3)n2)c1. The number of imidazole rings is 1. The topological polar surface area (TPSA) is 79.4 Å². The first kappa shape index (κ1) is 15.3. The number of aromatic nitrogens is 5. The summed E-state index contributed by atoms with van der Waals surface area (Å²) >= 11 is 0. The van der Waals surface area contributed by atoms with Crippen LogP contribution < -0.4 is 5.32 Å². The van der Waals surface area contributed by atoms with E-state index in [2.05, 4.69) is 49.3 Å². The Morgan fingerprint density at radius 3 is 2.96 bits per heavy atom. The molecule has 4 aromatic rings. The van der Waals surface area contributed by atoms with Crippen LogP contribution in [0, 0.1) is 0 Å². The first-order valence-electron chi connectivity index (χ1n) is 8.30. The van der Waals surface area contributed by atoms with Crippen molar-refractivity contribution in [3.8, 4) is 11.3 Å². The molecular formula is C19H18N6. The molecule has 25 heavy (non-hydrogen) atoms. The minimum Gasteiger partial charge on any atom is -0.343 e. The molecule has 0 saturated heterocycles. The van der Waals surface area contributed by atoms with Gasteiger partial charge in [0, 0.05) is 23.6 Å². The molecule has 0 bridgehead atoms. The van der Waals surface area contributed by atoms with E-state index in [9.17, 15) is 0 Å². The van der Waals surface area contributed by atoms with Crippen molar-refractivity contribution in [1.82, 2.24) is 24.9 Å². The van der Waals surface area contributed by atoms with Crippen LogP contribution in [0.1, 0.15) is 18.9 Å². The van der Waals surface area contributed by atoms with Gasteiger partial charge in [-0.1, -0.05) is 25.5 Å². The maximum Gasteiger partial charge on any atom is 0.227 e. The summed E-state index contributed by atoms with van der Waals surface area (Å²) < 4.78 is 0. The molecule has 0 radical (unpaired) electrons. The van der Waals surface area contributed by atoms with Crippen LogP contribution in [0.2, 0.25) is 0 Å². The van der Waals surface area contributed by atoms with Crippen LogP contribution in [0.3, 0.4) is 0 Å². The predicted molar refractivity (Wildman–Crippen MR) is 98.6 cm³/mol. The minimum absolute atomic E-state index is 0.566. The van der Waals surface area contributed by atoms with E-state index in [0.717, 1.165) is 35.3 Å². The molecule has 6 heteroatoms. The molecule has 0 amide bonds. The fourth-order valence-corrected chi connectivity index (χ4v) is 2.77. The molecule has 0 unspecified atom stereocenters. The van der Waals surface area contributed by atoms with E-state index in [1.807, 2.05) is 24.3 Å². The molecule has 0 spiro atoms. The molecule has 4 rings (SSSR count). The van der Waals surface area contributed by atoms with Crippen molar-refractivity contribution in [3.05, 3.63) is 60.7 Å². The van der Waals surface area contributed by atoms with Crippen molar-refractivity contribution >= 4 is 22.8 Å². The Labute approximate surface area is 145 Å². The zero-order valence-electron chi connectivity index (χ0n) is 13.9. The second-order valence-corrected chi connectivity index (χ2v) is 5.84. The molecule has 0 atom stereocenters. The average Bonchev–Trinajstić information content (AvgIpc) is 3.10. The Bertz CT molecular complexity index is 1010. The van der Waals surface area contributed by atoms with Gasteiger partial charge >= 0.3 is 0 Å². The first-order chi connectivity index (χ1) is 12.3. The summed E-state index contributed by atoms with van der Waals surface area (Å²) in [6.45, 7) is 2.18. The van der Waals surface area contributed by atoms with Gasteiger partial charge in [0.25, 0.3) is 0 Å².